The number of rotatable bonds is 3. The zero-order valence-electron chi connectivity index (χ0n) is 12.6. The second-order valence-electron chi connectivity index (χ2n) is 6.17. The average Bonchev–Trinajstić information content (AvgIpc) is 2.40. The largest absolute Gasteiger partial charge is 0.481 e. The van der Waals surface area contributed by atoms with Gasteiger partial charge in [-0.1, -0.05) is 0 Å². The second-order valence-corrected chi connectivity index (χ2v) is 6.17. The predicted molar refractivity (Wildman–Crippen MR) is 75.7 cm³/mol. The van der Waals surface area contributed by atoms with Crippen molar-refractivity contribution in [1.82, 2.24) is 14.7 Å². The molecule has 0 aromatic heterocycles. The van der Waals surface area contributed by atoms with Crippen LogP contribution in [-0.2, 0) is 9.59 Å². The SMILES string of the molecule is CN(C)C(=O)N1CCCC(C(=O)N2CC(CC(=O)O)C2)C1. The van der Waals surface area contributed by atoms with Gasteiger partial charge in [-0.2, -0.15) is 0 Å². The molecule has 2 aliphatic heterocycles. The van der Waals surface area contributed by atoms with Gasteiger partial charge in [-0.15, -0.1) is 0 Å². The highest BCUT2D eigenvalue weighted by Gasteiger charge is 2.37. The lowest BCUT2D eigenvalue weighted by Crippen LogP contribution is -2.55. The van der Waals surface area contributed by atoms with Gasteiger partial charge in [0.1, 0.15) is 0 Å². The maximum absolute atomic E-state index is 12.4. The topological polar surface area (TPSA) is 81.2 Å². The number of urea groups is 1. The van der Waals surface area contributed by atoms with Crippen molar-refractivity contribution >= 4 is 17.9 Å². The van der Waals surface area contributed by atoms with Crippen LogP contribution in [0.3, 0.4) is 0 Å². The van der Waals surface area contributed by atoms with Crippen LogP contribution in [0.2, 0.25) is 0 Å². The van der Waals surface area contributed by atoms with E-state index in [1.807, 2.05) is 0 Å². The minimum absolute atomic E-state index is 0.0557. The second kappa shape index (κ2) is 6.32. The van der Waals surface area contributed by atoms with Gasteiger partial charge in [0.15, 0.2) is 0 Å². The van der Waals surface area contributed by atoms with Crippen LogP contribution in [0.15, 0.2) is 0 Å². The molecule has 3 amide bonds. The van der Waals surface area contributed by atoms with E-state index in [1.54, 1.807) is 23.9 Å². The molecule has 1 atom stereocenters. The van der Waals surface area contributed by atoms with E-state index in [0.29, 0.717) is 26.2 Å². The van der Waals surface area contributed by atoms with Crippen molar-refractivity contribution in [2.75, 3.05) is 40.3 Å². The molecule has 0 aromatic carbocycles. The monoisotopic (exact) mass is 297 g/mol. The maximum Gasteiger partial charge on any atom is 0.319 e. The fourth-order valence-electron chi connectivity index (χ4n) is 3.02. The van der Waals surface area contributed by atoms with Crippen LogP contribution >= 0.6 is 0 Å². The number of aliphatic carboxylic acids is 1. The smallest absolute Gasteiger partial charge is 0.319 e. The van der Waals surface area contributed by atoms with E-state index < -0.39 is 5.97 Å². The Morgan fingerprint density at radius 1 is 1.14 bits per heavy atom. The Hall–Kier alpha value is -1.79. The highest BCUT2D eigenvalue weighted by atomic mass is 16.4. The zero-order chi connectivity index (χ0) is 15.6. The van der Waals surface area contributed by atoms with Crippen LogP contribution < -0.4 is 0 Å². The van der Waals surface area contributed by atoms with Crippen LogP contribution in [0.25, 0.3) is 0 Å². The third kappa shape index (κ3) is 3.65. The number of nitrogens with zero attached hydrogens (tertiary/aromatic N) is 3. The number of carbonyl (C=O) groups excluding carboxylic acids is 2. The Labute approximate surface area is 124 Å². The Morgan fingerprint density at radius 3 is 2.38 bits per heavy atom. The van der Waals surface area contributed by atoms with Gasteiger partial charge in [-0.25, -0.2) is 4.79 Å². The fourth-order valence-corrected chi connectivity index (χ4v) is 3.02. The van der Waals surface area contributed by atoms with Crippen LogP contribution in [0.1, 0.15) is 19.3 Å². The Morgan fingerprint density at radius 2 is 1.81 bits per heavy atom. The first-order chi connectivity index (χ1) is 9.88. The number of hydrogen-bond donors (Lipinski definition) is 1. The number of hydrogen-bond acceptors (Lipinski definition) is 3. The molecule has 2 heterocycles. The third-order valence-electron chi connectivity index (χ3n) is 4.16. The summed E-state index contributed by atoms with van der Waals surface area (Å²) in [6.45, 7) is 2.23. The molecule has 118 valence electrons. The summed E-state index contributed by atoms with van der Waals surface area (Å²) in [4.78, 5) is 39.9. The van der Waals surface area contributed by atoms with Crippen molar-refractivity contribution in [3.63, 3.8) is 0 Å². The van der Waals surface area contributed by atoms with Gasteiger partial charge < -0.3 is 19.8 Å². The summed E-state index contributed by atoms with van der Waals surface area (Å²) < 4.78 is 0. The van der Waals surface area contributed by atoms with E-state index in [-0.39, 0.29) is 30.2 Å². The summed E-state index contributed by atoms with van der Waals surface area (Å²) in [6, 6.07) is -0.0557. The molecular weight excluding hydrogens is 274 g/mol. The predicted octanol–water partition coefficient (Wildman–Crippen LogP) is 0.313. The lowest BCUT2D eigenvalue weighted by Gasteiger charge is -2.42. The van der Waals surface area contributed by atoms with Crippen LogP contribution in [0, 0.1) is 11.8 Å². The first-order valence-corrected chi connectivity index (χ1v) is 7.35. The molecule has 7 heteroatoms. The molecule has 2 aliphatic rings. The van der Waals surface area contributed by atoms with Gasteiger partial charge in [0.25, 0.3) is 0 Å². The normalized spacial score (nSPS) is 22.7. The van der Waals surface area contributed by atoms with Crippen molar-refractivity contribution in [2.24, 2.45) is 11.8 Å². The molecule has 0 radical (unpaired) electrons. The van der Waals surface area contributed by atoms with Crippen molar-refractivity contribution in [3.05, 3.63) is 0 Å². The molecule has 2 rings (SSSR count). The highest BCUT2D eigenvalue weighted by Crippen LogP contribution is 2.25. The van der Waals surface area contributed by atoms with E-state index in [2.05, 4.69) is 0 Å². The molecule has 0 aromatic rings. The first kappa shape index (κ1) is 15.6. The van der Waals surface area contributed by atoms with Gasteiger partial charge in [-0.3, -0.25) is 9.59 Å². The molecular formula is C14H23N3O4. The molecule has 2 fully saturated rings. The Balaban J connectivity index is 1.83. The molecule has 1 unspecified atom stereocenters. The van der Waals surface area contributed by atoms with Crippen molar-refractivity contribution in [3.8, 4) is 0 Å². The minimum Gasteiger partial charge on any atom is -0.481 e. The molecule has 0 aliphatic carbocycles. The fraction of sp³-hybridized carbons (Fsp3) is 0.786. The van der Waals surface area contributed by atoms with Gasteiger partial charge in [0, 0.05) is 46.2 Å². The van der Waals surface area contributed by atoms with Crippen molar-refractivity contribution in [2.45, 2.75) is 19.3 Å². The summed E-state index contributed by atoms with van der Waals surface area (Å²) in [6.07, 6.45) is 1.76. The summed E-state index contributed by atoms with van der Waals surface area (Å²) >= 11 is 0. The van der Waals surface area contributed by atoms with E-state index >= 15 is 0 Å². The summed E-state index contributed by atoms with van der Waals surface area (Å²) in [7, 11) is 3.42. The summed E-state index contributed by atoms with van der Waals surface area (Å²) in [5.74, 6) is -0.816. The highest BCUT2D eigenvalue weighted by molar-refractivity contribution is 5.81. The molecule has 0 bridgehead atoms. The summed E-state index contributed by atoms with van der Waals surface area (Å²) in [5, 5.41) is 8.72. The van der Waals surface area contributed by atoms with E-state index in [0.717, 1.165) is 12.8 Å². The molecule has 2 saturated heterocycles. The first-order valence-electron chi connectivity index (χ1n) is 7.35. The third-order valence-corrected chi connectivity index (χ3v) is 4.16. The van der Waals surface area contributed by atoms with Gasteiger partial charge in [0.2, 0.25) is 5.91 Å². The van der Waals surface area contributed by atoms with Crippen LogP contribution in [-0.4, -0.2) is 78.0 Å². The zero-order valence-corrected chi connectivity index (χ0v) is 12.6. The minimum atomic E-state index is -0.812. The number of carbonyl (C=O) groups is 3. The number of piperidine rings is 1. The Kier molecular flexibility index (Phi) is 4.69. The van der Waals surface area contributed by atoms with E-state index in [4.69, 9.17) is 5.11 Å². The van der Waals surface area contributed by atoms with Gasteiger partial charge in [0.05, 0.1) is 12.3 Å². The standard InChI is InChI=1S/C14H23N3O4/c1-15(2)14(21)16-5-3-4-11(9-16)13(20)17-7-10(8-17)6-12(18)19/h10-11H,3-9H2,1-2H3,(H,18,19). The number of likely N-dealkylation sites (tertiary alicyclic amines) is 2. The average molecular weight is 297 g/mol. The number of amides is 3. The van der Waals surface area contributed by atoms with Crippen LogP contribution in [0.4, 0.5) is 4.79 Å². The number of carboxylic acid groups (broad SMARTS) is 1. The summed E-state index contributed by atoms with van der Waals surface area (Å²) in [5.41, 5.74) is 0. The molecule has 21 heavy (non-hydrogen) atoms. The maximum atomic E-state index is 12.4. The molecule has 0 saturated carbocycles. The van der Waals surface area contributed by atoms with E-state index in [1.165, 1.54) is 4.90 Å². The van der Waals surface area contributed by atoms with Crippen LogP contribution in [0.5, 0.6) is 0 Å². The number of carboxylic acids is 1. The van der Waals surface area contributed by atoms with Crippen molar-refractivity contribution in [1.29, 1.82) is 0 Å². The molecule has 1 N–H and O–H groups in total. The van der Waals surface area contributed by atoms with Gasteiger partial charge >= 0.3 is 12.0 Å². The quantitative estimate of drug-likeness (QED) is 0.813. The van der Waals surface area contributed by atoms with E-state index in [9.17, 15) is 14.4 Å². The molecule has 0 spiro atoms. The Bertz CT molecular complexity index is 432. The van der Waals surface area contributed by atoms with Gasteiger partial charge in [-0.05, 0) is 12.8 Å². The van der Waals surface area contributed by atoms with Crippen molar-refractivity contribution < 1.29 is 19.5 Å². The lowest BCUT2D eigenvalue weighted by atomic mass is 9.91. The lowest BCUT2D eigenvalue weighted by molar-refractivity contribution is -0.148. The molecule has 7 nitrogen and oxygen atoms in total.